The van der Waals surface area contributed by atoms with E-state index in [-0.39, 0.29) is 5.41 Å². The molecule has 0 unspecified atom stereocenters. The van der Waals surface area contributed by atoms with Crippen molar-refractivity contribution in [3.63, 3.8) is 0 Å². The average molecular weight is 199 g/mol. The highest BCUT2D eigenvalue weighted by Crippen LogP contribution is 2.43. The first kappa shape index (κ1) is 10.0. The van der Waals surface area contributed by atoms with E-state index in [1.54, 1.807) is 0 Å². The van der Waals surface area contributed by atoms with E-state index in [2.05, 4.69) is 26.8 Å². The molecule has 0 aromatic rings. The van der Waals surface area contributed by atoms with E-state index in [4.69, 9.17) is 5.26 Å². The van der Waals surface area contributed by atoms with Crippen molar-refractivity contribution >= 4 is 23.5 Å². The lowest BCUT2D eigenvalue weighted by Crippen LogP contribution is -2.08. The Labute approximate surface area is 82.6 Å². The van der Waals surface area contributed by atoms with Gasteiger partial charge in [-0.1, -0.05) is 20.8 Å². The van der Waals surface area contributed by atoms with Crippen LogP contribution in [-0.4, -0.2) is 11.5 Å². The fraction of sp³-hybridized carbons (Fsp3) is 0.667. The predicted molar refractivity (Wildman–Crippen MR) is 57.0 cm³/mol. The van der Waals surface area contributed by atoms with Crippen molar-refractivity contribution in [2.24, 2.45) is 5.41 Å². The Bertz CT molecular complexity index is 234. The summed E-state index contributed by atoms with van der Waals surface area (Å²) in [6, 6.07) is 2.32. The van der Waals surface area contributed by atoms with Crippen molar-refractivity contribution in [3.05, 3.63) is 9.81 Å². The van der Waals surface area contributed by atoms with E-state index in [0.717, 1.165) is 17.1 Å². The van der Waals surface area contributed by atoms with Gasteiger partial charge in [0.05, 0.1) is 15.9 Å². The maximum absolute atomic E-state index is 8.99. The number of hydrogen-bond acceptors (Lipinski definition) is 3. The second-order valence-corrected chi connectivity index (χ2v) is 6.19. The van der Waals surface area contributed by atoms with Crippen LogP contribution in [0.15, 0.2) is 9.81 Å². The molecule has 0 aromatic heterocycles. The quantitative estimate of drug-likeness (QED) is 0.560. The molecule has 0 aliphatic carbocycles. The van der Waals surface area contributed by atoms with Crippen molar-refractivity contribution in [1.29, 1.82) is 5.26 Å². The highest BCUT2D eigenvalue weighted by Gasteiger charge is 2.23. The summed E-state index contributed by atoms with van der Waals surface area (Å²) in [6.07, 6.45) is 0. The molecule has 1 rings (SSSR count). The van der Waals surface area contributed by atoms with Gasteiger partial charge in [0.2, 0.25) is 0 Å². The minimum atomic E-state index is 0.00836. The highest BCUT2D eigenvalue weighted by atomic mass is 32.2. The van der Waals surface area contributed by atoms with Crippen LogP contribution < -0.4 is 0 Å². The number of nitriles is 1. The van der Waals surface area contributed by atoms with Crippen molar-refractivity contribution < 1.29 is 0 Å². The number of nitrogens with zero attached hydrogens (tertiary/aromatic N) is 1. The zero-order valence-corrected chi connectivity index (χ0v) is 9.31. The van der Waals surface area contributed by atoms with Gasteiger partial charge in [-0.3, -0.25) is 0 Å². The van der Waals surface area contributed by atoms with Crippen LogP contribution in [0.3, 0.4) is 0 Å². The molecule has 0 bridgehead atoms. The van der Waals surface area contributed by atoms with Crippen molar-refractivity contribution in [2.45, 2.75) is 20.8 Å². The molecular formula is C9H13NS2. The summed E-state index contributed by atoms with van der Waals surface area (Å²) in [6.45, 7) is 6.29. The standard InChI is InChI=1S/C9H13NS2/c1-9(2,3)7(6-10)8-11-4-5-12-8/h4-5H2,1-3H3. The molecule has 3 heteroatoms. The Balaban J connectivity index is 2.95. The Hall–Kier alpha value is -0.0700. The van der Waals surface area contributed by atoms with Gasteiger partial charge in [-0.2, -0.15) is 5.26 Å². The molecule has 12 heavy (non-hydrogen) atoms. The molecule has 0 radical (unpaired) electrons. The fourth-order valence-corrected chi connectivity index (χ4v) is 3.84. The van der Waals surface area contributed by atoms with Crippen LogP contribution >= 0.6 is 23.5 Å². The summed E-state index contributed by atoms with van der Waals surface area (Å²) < 4.78 is 1.24. The lowest BCUT2D eigenvalue weighted by Gasteiger charge is -2.18. The van der Waals surface area contributed by atoms with Gasteiger partial charge in [-0.15, -0.1) is 23.5 Å². The molecule has 0 amide bonds. The highest BCUT2D eigenvalue weighted by molar-refractivity contribution is 8.25. The summed E-state index contributed by atoms with van der Waals surface area (Å²) in [5.74, 6) is 2.31. The normalized spacial score (nSPS) is 17.7. The summed E-state index contributed by atoms with van der Waals surface area (Å²) in [7, 11) is 0. The Morgan fingerprint density at radius 2 is 1.83 bits per heavy atom. The van der Waals surface area contributed by atoms with Gasteiger partial charge in [0.1, 0.15) is 0 Å². The molecule has 0 aromatic carbocycles. The smallest absolute Gasteiger partial charge is 0.0970 e. The Morgan fingerprint density at radius 3 is 2.17 bits per heavy atom. The molecule has 1 heterocycles. The zero-order chi connectivity index (χ0) is 9.19. The van der Waals surface area contributed by atoms with Gasteiger partial charge >= 0.3 is 0 Å². The van der Waals surface area contributed by atoms with Crippen molar-refractivity contribution in [2.75, 3.05) is 11.5 Å². The third-order valence-electron chi connectivity index (χ3n) is 1.62. The van der Waals surface area contributed by atoms with E-state index in [1.165, 1.54) is 4.24 Å². The summed E-state index contributed by atoms with van der Waals surface area (Å²) in [4.78, 5) is 0. The minimum absolute atomic E-state index is 0.00836. The van der Waals surface area contributed by atoms with Crippen LogP contribution in [0.2, 0.25) is 0 Å². The maximum Gasteiger partial charge on any atom is 0.0970 e. The van der Waals surface area contributed by atoms with Crippen LogP contribution in [0.1, 0.15) is 20.8 Å². The summed E-state index contributed by atoms with van der Waals surface area (Å²) >= 11 is 3.64. The molecule has 0 atom stereocenters. The number of hydrogen-bond donors (Lipinski definition) is 0. The summed E-state index contributed by atoms with van der Waals surface area (Å²) in [5.41, 5.74) is 0.962. The molecule has 1 saturated heterocycles. The van der Waals surface area contributed by atoms with Crippen LogP contribution in [-0.2, 0) is 0 Å². The van der Waals surface area contributed by atoms with Crippen LogP contribution in [0.25, 0.3) is 0 Å². The van der Waals surface area contributed by atoms with Crippen LogP contribution in [0, 0.1) is 16.7 Å². The first-order valence-corrected chi connectivity index (χ1v) is 5.93. The molecule has 1 aliphatic heterocycles. The van der Waals surface area contributed by atoms with Gasteiger partial charge in [-0.25, -0.2) is 0 Å². The third-order valence-corrected chi connectivity index (χ3v) is 4.33. The first-order chi connectivity index (χ1) is 5.55. The number of thioether (sulfide) groups is 2. The predicted octanol–water partition coefficient (Wildman–Crippen LogP) is 3.25. The number of rotatable bonds is 0. The number of allylic oxidation sites excluding steroid dienone is 1. The van der Waals surface area contributed by atoms with E-state index in [1.807, 2.05) is 23.5 Å². The average Bonchev–Trinajstić information content (AvgIpc) is 2.38. The molecule has 0 spiro atoms. The van der Waals surface area contributed by atoms with Gasteiger partial charge in [-0.05, 0) is 5.41 Å². The monoisotopic (exact) mass is 199 g/mol. The van der Waals surface area contributed by atoms with Crippen LogP contribution in [0.5, 0.6) is 0 Å². The summed E-state index contributed by atoms with van der Waals surface area (Å²) in [5, 5.41) is 8.99. The van der Waals surface area contributed by atoms with E-state index in [0.29, 0.717) is 0 Å². The largest absolute Gasteiger partial charge is 0.193 e. The van der Waals surface area contributed by atoms with E-state index in [9.17, 15) is 0 Å². The topological polar surface area (TPSA) is 23.8 Å². The van der Waals surface area contributed by atoms with Gasteiger partial charge < -0.3 is 0 Å². The second-order valence-electron chi connectivity index (χ2n) is 3.72. The van der Waals surface area contributed by atoms with Crippen LogP contribution in [0.4, 0.5) is 0 Å². The molecular weight excluding hydrogens is 186 g/mol. The van der Waals surface area contributed by atoms with Crippen molar-refractivity contribution in [1.82, 2.24) is 0 Å². The molecule has 0 saturated carbocycles. The van der Waals surface area contributed by atoms with E-state index >= 15 is 0 Å². The van der Waals surface area contributed by atoms with Gasteiger partial charge in [0.15, 0.2) is 0 Å². The zero-order valence-electron chi connectivity index (χ0n) is 7.68. The fourth-order valence-electron chi connectivity index (χ4n) is 0.974. The molecule has 66 valence electrons. The lowest BCUT2D eigenvalue weighted by molar-refractivity contribution is 0.520. The first-order valence-electron chi connectivity index (χ1n) is 3.96. The Kier molecular flexibility index (Phi) is 3.14. The molecule has 1 aliphatic rings. The van der Waals surface area contributed by atoms with Crippen molar-refractivity contribution in [3.8, 4) is 6.07 Å². The SMILES string of the molecule is CC(C)(C)C(C#N)=C1SCCS1. The Morgan fingerprint density at radius 1 is 1.33 bits per heavy atom. The molecule has 1 nitrogen and oxygen atoms in total. The van der Waals surface area contributed by atoms with E-state index < -0.39 is 0 Å². The van der Waals surface area contributed by atoms with Gasteiger partial charge in [0, 0.05) is 11.5 Å². The minimum Gasteiger partial charge on any atom is -0.193 e. The maximum atomic E-state index is 8.99. The lowest BCUT2D eigenvalue weighted by atomic mass is 9.88. The third kappa shape index (κ3) is 2.21. The second kappa shape index (κ2) is 3.76. The molecule has 0 N–H and O–H groups in total. The molecule has 1 fully saturated rings. The van der Waals surface area contributed by atoms with Gasteiger partial charge in [0.25, 0.3) is 0 Å².